The second kappa shape index (κ2) is 3.72. The van der Waals surface area contributed by atoms with Gasteiger partial charge in [-0.15, -0.1) is 0 Å². The molecule has 0 bridgehead atoms. The molecule has 0 rings (SSSR count). The number of nitrogens with two attached hydrogens (primary N) is 1. The smallest absolute Gasteiger partial charge is 0.310 e. The summed E-state index contributed by atoms with van der Waals surface area (Å²) in [6.45, 7) is 7.09. The summed E-state index contributed by atoms with van der Waals surface area (Å²) >= 11 is 0. The Kier molecular flexibility index (Phi) is 3.52. The lowest BCUT2D eigenvalue weighted by Crippen LogP contribution is -2.39. The fraction of sp³-hybridized carbons (Fsp3) is 0.875. The summed E-state index contributed by atoms with van der Waals surface area (Å²) in [5, 5.41) is 0. The van der Waals surface area contributed by atoms with Gasteiger partial charge in [0.1, 0.15) is 0 Å². The summed E-state index contributed by atoms with van der Waals surface area (Å²) in [5.74, 6) is -0.280. The van der Waals surface area contributed by atoms with Gasteiger partial charge >= 0.3 is 5.97 Å². The third-order valence-corrected chi connectivity index (χ3v) is 1.38. The molecular formula is C8H17NO2. The van der Waals surface area contributed by atoms with E-state index in [0.29, 0.717) is 0 Å². The maximum absolute atomic E-state index is 11.1. The number of hydrogen-bond donors (Lipinski definition) is 1. The van der Waals surface area contributed by atoms with Crippen molar-refractivity contribution in [2.75, 3.05) is 0 Å². The van der Waals surface area contributed by atoms with E-state index in [4.69, 9.17) is 10.5 Å². The lowest BCUT2D eigenvalue weighted by molar-refractivity contribution is -0.160. The van der Waals surface area contributed by atoms with Crippen LogP contribution in [0.25, 0.3) is 0 Å². The highest BCUT2D eigenvalue weighted by atomic mass is 16.6. The van der Waals surface area contributed by atoms with Crippen LogP contribution in [0.15, 0.2) is 0 Å². The zero-order chi connectivity index (χ0) is 9.07. The van der Waals surface area contributed by atoms with Crippen molar-refractivity contribution < 1.29 is 9.53 Å². The van der Waals surface area contributed by atoms with Crippen LogP contribution >= 0.6 is 0 Å². The average Bonchev–Trinajstić information content (AvgIpc) is 1.82. The molecule has 0 aromatic heterocycles. The second-order valence-electron chi connectivity index (χ2n) is 3.33. The van der Waals surface area contributed by atoms with Gasteiger partial charge in [-0.25, -0.2) is 0 Å². The summed E-state index contributed by atoms with van der Waals surface area (Å²) in [7, 11) is 0. The van der Waals surface area contributed by atoms with Gasteiger partial charge in [0.05, 0.1) is 5.92 Å². The molecular weight excluding hydrogens is 142 g/mol. The Balaban J connectivity index is 3.88. The highest BCUT2D eigenvalue weighted by molar-refractivity contribution is 5.72. The van der Waals surface area contributed by atoms with Gasteiger partial charge in [0.2, 0.25) is 0 Å². The lowest BCUT2D eigenvalue weighted by Gasteiger charge is -2.21. The molecule has 0 aromatic carbocycles. The van der Waals surface area contributed by atoms with Crippen LogP contribution in [0.5, 0.6) is 0 Å². The first kappa shape index (κ1) is 10.4. The highest BCUT2D eigenvalue weighted by Crippen LogP contribution is 2.08. The molecule has 0 spiro atoms. The molecule has 1 atom stereocenters. The Hall–Kier alpha value is -0.570. The largest absolute Gasteiger partial charge is 0.445 e. The van der Waals surface area contributed by atoms with Crippen LogP contribution in [0.4, 0.5) is 0 Å². The van der Waals surface area contributed by atoms with Gasteiger partial charge < -0.3 is 4.74 Å². The molecule has 0 radical (unpaired) electrons. The molecule has 11 heavy (non-hydrogen) atoms. The lowest BCUT2D eigenvalue weighted by atomic mass is 10.1. The summed E-state index contributed by atoms with van der Waals surface area (Å²) in [6.07, 6.45) is 0.787. The Morgan fingerprint density at radius 2 is 2.09 bits per heavy atom. The van der Waals surface area contributed by atoms with Crippen LogP contribution in [-0.4, -0.2) is 11.7 Å². The molecule has 2 N–H and O–H groups in total. The molecule has 3 heteroatoms. The van der Waals surface area contributed by atoms with E-state index in [-0.39, 0.29) is 11.9 Å². The Morgan fingerprint density at radius 3 is 2.36 bits per heavy atom. The minimum absolute atomic E-state index is 0.0576. The third-order valence-electron chi connectivity index (χ3n) is 1.38. The SMILES string of the molecule is CCC(C)C(=O)OC(C)(C)N. The van der Waals surface area contributed by atoms with E-state index < -0.39 is 5.72 Å². The predicted octanol–water partition coefficient (Wildman–Crippen LogP) is 1.27. The quantitative estimate of drug-likeness (QED) is 0.498. The van der Waals surface area contributed by atoms with Gasteiger partial charge in [0.25, 0.3) is 0 Å². The van der Waals surface area contributed by atoms with E-state index in [2.05, 4.69) is 0 Å². The fourth-order valence-corrected chi connectivity index (χ4v) is 0.527. The highest BCUT2D eigenvalue weighted by Gasteiger charge is 2.20. The molecule has 0 amide bonds. The monoisotopic (exact) mass is 159 g/mol. The van der Waals surface area contributed by atoms with Crippen molar-refractivity contribution >= 4 is 5.97 Å². The van der Waals surface area contributed by atoms with E-state index in [1.165, 1.54) is 0 Å². The Labute approximate surface area is 67.9 Å². The van der Waals surface area contributed by atoms with Crippen LogP contribution < -0.4 is 5.73 Å². The van der Waals surface area contributed by atoms with Crippen molar-refractivity contribution in [1.82, 2.24) is 0 Å². The van der Waals surface area contributed by atoms with Crippen LogP contribution in [0.1, 0.15) is 34.1 Å². The second-order valence-corrected chi connectivity index (χ2v) is 3.33. The van der Waals surface area contributed by atoms with Crippen molar-refractivity contribution in [1.29, 1.82) is 0 Å². The van der Waals surface area contributed by atoms with E-state index in [1.807, 2.05) is 13.8 Å². The van der Waals surface area contributed by atoms with Gasteiger partial charge in [-0.05, 0) is 20.3 Å². The van der Waals surface area contributed by atoms with E-state index in [1.54, 1.807) is 13.8 Å². The molecule has 66 valence electrons. The van der Waals surface area contributed by atoms with E-state index >= 15 is 0 Å². The number of hydrogen-bond acceptors (Lipinski definition) is 3. The molecule has 1 unspecified atom stereocenters. The molecule has 0 heterocycles. The summed E-state index contributed by atoms with van der Waals surface area (Å²) in [5.41, 5.74) is 4.64. The normalized spacial score (nSPS) is 14.3. The average molecular weight is 159 g/mol. The standard InChI is InChI=1S/C8H17NO2/c1-5-6(2)7(10)11-8(3,4)9/h6H,5,9H2,1-4H3. The van der Waals surface area contributed by atoms with Crippen molar-refractivity contribution in [2.45, 2.75) is 39.8 Å². The first-order valence-electron chi connectivity index (χ1n) is 3.88. The van der Waals surface area contributed by atoms with Crippen LogP contribution in [0.2, 0.25) is 0 Å². The van der Waals surface area contributed by atoms with E-state index in [9.17, 15) is 4.79 Å². The van der Waals surface area contributed by atoms with E-state index in [0.717, 1.165) is 6.42 Å². The molecule has 0 aliphatic carbocycles. The zero-order valence-electron chi connectivity index (χ0n) is 7.68. The number of carbonyl (C=O) groups is 1. The first-order valence-corrected chi connectivity index (χ1v) is 3.88. The molecule has 0 aliphatic heterocycles. The first-order chi connectivity index (χ1) is 4.87. The number of carbonyl (C=O) groups excluding carboxylic acids is 1. The van der Waals surface area contributed by atoms with Gasteiger partial charge in [0.15, 0.2) is 5.72 Å². The van der Waals surface area contributed by atoms with Crippen molar-refractivity contribution in [3.63, 3.8) is 0 Å². The minimum atomic E-state index is -0.847. The molecule has 0 saturated carbocycles. The Morgan fingerprint density at radius 1 is 1.64 bits per heavy atom. The summed E-state index contributed by atoms with van der Waals surface area (Å²) in [4.78, 5) is 11.1. The summed E-state index contributed by atoms with van der Waals surface area (Å²) in [6, 6.07) is 0. The van der Waals surface area contributed by atoms with Gasteiger partial charge in [-0.3, -0.25) is 10.5 Å². The fourth-order valence-electron chi connectivity index (χ4n) is 0.527. The number of ether oxygens (including phenoxy) is 1. The number of esters is 1. The van der Waals surface area contributed by atoms with Gasteiger partial charge in [-0.2, -0.15) is 0 Å². The molecule has 0 aromatic rings. The topological polar surface area (TPSA) is 52.3 Å². The summed E-state index contributed by atoms with van der Waals surface area (Å²) < 4.78 is 4.93. The molecule has 3 nitrogen and oxygen atoms in total. The molecule has 0 fully saturated rings. The van der Waals surface area contributed by atoms with Crippen molar-refractivity contribution in [3.8, 4) is 0 Å². The Bertz CT molecular complexity index is 138. The molecule has 0 saturated heterocycles. The maximum atomic E-state index is 11.1. The number of rotatable bonds is 3. The predicted molar refractivity (Wildman–Crippen MR) is 43.8 cm³/mol. The maximum Gasteiger partial charge on any atom is 0.310 e. The van der Waals surface area contributed by atoms with Crippen LogP contribution in [0, 0.1) is 5.92 Å². The molecule has 0 aliphatic rings. The van der Waals surface area contributed by atoms with Crippen LogP contribution in [0.3, 0.4) is 0 Å². The zero-order valence-corrected chi connectivity index (χ0v) is 7.68. The minimum Gasteiger partial charge on any atom is -0.445 e. The third kappa shape index (κ3) is 4.79. The van der Waals surface area contributed by atoms with Crippen molar-refractivity contribution in [2.24, 2.45) is 11.7 Å². The van der Waals surface area contributed by atoms with Gasteiger partial charge in [-0.1, -0.05) is 13.8 Å². The van der Waals surface area contributed by atoms with Gasteiger partial charge in [0, 0.05) is 0 Å². The van der Waals surface area contributed by atoms with Crippen LogP contribution in [-0.2, 0) is 9.53 Å². The van der Waals surface area contributed by atoms with Crippen molar-refractivity contribution in [3.05, 3.63) is 0 Å².